The maximum atomic E-state index is 13.9. The number of nitrogens with one attached hydrogen (secondary N) is 1. The van der Waals surface area contributed by atoms with Gasteiger partial charge in [-0.2, -0.15) is 0 Å². The molecule has 146 valence electrons. The van der Waals surface area contributed by atoms with Crippen LogP contribution in [-0.2, 0) is 9.59 Å². The van der Waals surface area contributed by atoms with Crippen LogP contribution in [0.15, 0.2) is 42.5 Å². The molecule has 2 N–H and O–H groups in total. The lowest BCUT2D eigenvalue weighted by atomic mass is 10.1. The van der Waals surface area contributed by atoms with Crippen LogP contribution in [0.25, 0.3) is 0 Å². The van der Waals surface area contributed by atoms with E-state index in [2.05, 4.69) is 5.32 Å². The van der Waals surface area contributed by atoms with Crippen molar-refractivity contribution in [3.8, 4) is 5.75 Å². The zero-order valence-corrected chi connectivity index (χ0v) is 15.1. The second kappa shape index (κ2) is 8.08. The highest BCUT2D eigenvalue weighted by atomic mass is 19.1. The fourth-order valence-corrected chi connectivity index (χ4v) is 3.06. The van der Waals surface area contributed by atoms with Gasteiger partial charge in [0, 0.05) is 13.0 Å². The van der Waals surface area contributed by atoms with Crippen molar-refractivity contribution in [2.75, 3.05) is 23.4 Å². The standard InChI is InChI=1S/C20H19FN2O5/c1-2-28-17-6-4-3-5-16(17)23-11-13(10-18(23)24)19(25)22-15-9-12(20(26)27)7-8-14(15)21/h3-9,13H,2,10-11H2,1H3,(H,22,25)(H,26,27). The van der Waals surface area contributed by atoms with Crippen molar-refractivity contribution in [1.29, 1.82) is 0 Å². The molecule has 1 atom stereocenters. The predicted molar refractivity (Wildman–Crippen MR) is 100 cm³/mol. The van der Waals surface area contributed by atoms with Crippen molar-refractivity contribution in [1.82, 2.24) is 0 Å². The first kappa shape index (κ1) is 19.3. The zero-order chi connectivity index (χ0) is 20.3. The topological polar surface area (TPSA) is 95.9 Å². The number of aromatic carboxylic acids is 1. The van der Waals surface area contributed by atoms with E-state index in [0.29, 0.717) is 18.0 Å². The number of rotatable bonds is 6. The number of carboxylic acids is 1. The highest BCUT2D eigenvalue weighted by Crippen LogP contribution is 2.33. The summed E-state index contributed by atoms with van der Waals surface area (Å²) in [4.78, 5) is 37.5. The summed E-state index contributed by atoms with van der Waals surface area (Å²) in [5.74, 6) is -2.93. The molecule has 7 nitrogen and oxygen atoms in total. The fraction of sp³-hybridized carbons (Fsp3) is 0.250. The van der Waals surface area contributed by atoms with E-state index in [0.717, 1.165) is 18.2 Å². The molecule has 1 heterocycles. The highest BCUT2D eigenvalue weighted by Gasteiger charge is 2.36. The maximum absolute atomic E-state index is 13.9. The van der Waals surface area contributed by atoms with Crippen molar-refractivity contribution >= 4 is 29.2 Å². The molecule has 0 bridgehead atoms. The number of nitrogens with zero attached hydrogens (tertiary/aromatic N) is 1. The van der Waals surface area contributed by atoms with Gasteiger partial charge in [0.1, 0.15) is 11.6 Å². The molecular weight excluding hydrogens is 367 g/mol. The third-order valence-corrected chi connectivity index (χ3v) is 4.42. The number of carbonyl (C=O) groups excluding carboxylic acids is 2. The number of hydrogen-bond donors (Lipinski definition) is 2. The molecule has 0 aliphatic carbocycles. The van der Waals surface area contributed by atoms with E-state index >= 15 is 0 Å². The Kier molecular flexibility index (Phi) is 5.58. The van der Waals surface area contributed by atoms with E-state index in [9.17, 15) is 18.8 Å². The molecule has 2 amide bonds. The first-order valence-electron chi connectivity index (χ1n) is 8.76. The Labute approximate surface area is 160 Å². The third-order valence-electron chi connectivity index (χ3n) is 4.42. The highest BCUT2D eigenvalue weighted by molar-refractivity contribution is 6.04. The van der Waals surface area contributed by atoms with Gasteiger partial charge in [-0.05, 0) is 37.3 Å². The Balaban J connectivity index is 1.76. The van der Waals surface area contributed by atoms with Crippen molar-refractivity contribution in [3.05, 3.63) is 53.8 Å². The molecule has 1 saturated heterocycles. The summed E-state index contributed by atoms with van der Waals surface area (Å²) in [5, 5.41) is 11.4. The molecule has 1 unspecified atom stereocenters. The van der Waals surface area contributed by atoms with Crippen LogP contribution in [0.3, 0.4) is 0 Å². The van der Waals surface area contributed by atoms with E-state index in [1.165, 1.54) is 4.90 Å². The molecule has 0 spiro atoms. The number of carboxylic acid groups (broad SMARTS) is 1. The average molecular weight is 386 g/mol. The molecule has 0 saturated carbocycles. The van der Waals surface area contributed by atoms with Crippen LogP contribution >= 0.6 is 0 Å². The smallest absolute Gasteiger partial charge is 0.335 e. The van der Waals surface area contributed by atoms with Crippen LogP contribution in [0.2, 0.25) is 0 Å². The number of halogens is 1. The number of amides is 2. The average Bonchev–Trinajstić information content (AvgIpc) is 3.06. The predicted octanol–water partition coefficient (Wildman–Crippen LogP) is 2.91. The van der Waals surface area contributed by atoms with E-state index in [1.807, 2.05) is 6.92 Å². The Hall–Kier alpha value is -3.42. The minimum atomic E-state index is -1.23. The van der Waals surface area contributed by atoms with Crippen LogP contribution in [0.1, 0.15) is 23.7 Å². The van der Waals surface area contributed by atoms with Gasteiger partial charge in [0.2, 0.25) is 11.8 Å². The van der Waals surface area contributed by atoms with Gasteiger partial charge >= 0.3 is 5.97 Å². The number of anilines is 2. The molecule has 3 rings (SSSR count). The molecule has 1 aliphatic heterocycles. The van der Waals surface area contributed by atoms with Gasteiger partial charge in [0.25, 0.3) is 0 Å². The van der Waals surface area contributed by atoms with Crippen molar-refractivity contribution in [3.63, 3.8) is 0 Å². The lowest BCUT2D eigenvalue weighted by molar-refractivity contribution is -0.122. The third kappa shape index (κ3) is 3.95. The SMILES string of the molecule is CCOc1ccccc1N1CC(C(=O)Nc2cc(C(=O)O)ccc2F)CC1=O. The molecule has 2 aromatic rings. The minimum absolute atomic E-state index is 0.0352. The summed E-state index contributed by atoms with van der Waals surface area (Å²) < 4.78 is 19.5. The summed E-state index contributed by atoms with van der Waals surface area (Å²) in [6.07, 6.45) is -0.0352. The van der Waals surface area contributed by atoms with Gasteiger partial charge < -0.3 is 20.1 Å². The van der Waals surface area contributed by atoms with Crippen molar-refractivity contribution < 1.29 is 28.6 Å². The van der Waals surface area contributed by atoms with Crippen LogP contribution < -0.4 is 15.0 Å². The Morgan fingerprint density at radius 2 is 2.04 bits per heavy atom. The Morgan fingerprint density at radius 3 is 2.75 bits per heavy atom. The first-order chi connectivity index (χ1) is 13.4. The molecular formula is C20H19FN2O5. The lowest BCUT2D eigenvalue weighted by Crippen LogP contribution is -2.28. The second-order valence-electron chi connectivity index (χ2n) is 6.30. The summed E-state index contributed by atoms with van der Waals surface area (Å²) in [6.45, 7) is 2.38. The minimum Gasteiger partial charge on any atom is -0.492 e. The van der Waals surface area contributed by atoms with E-state index in [1.54, 1.807) is 24.3 Å². The van der Waals surface area contributed by atoms with Gasteiger partial charge in [0.15, 0.2) is 0 Å². The molecule has 28 heavy (non-hydrogen) atoms. The van der Waals surface area contributed by atoms with Crippen LogP contribution in [-0.4, -0.2) is 36.0 Å². The van der Waals surface area contributed by atoms with Crippen molar-refractivity contribution in [2.45, 2.75) is 13.3 Å². The molecule has 8 heteroatoms. The molecule has 0 aromatic heterocycles. The number of carbonyl (C=O) groups is 3. The van der Waals surface area contributed by atoms with Gasteiger partial charge in [-0.15, -0.1) is 0 Å². The van der Waals surface area contributed by atoms with E-state index in [4.69, 9.17) is 9.84 Å². The quantitative estimate of drug-likeness (QED) is 0.796. The van der Waals surface area contributed by atoms with Crippen LogP contribution in [0, 0.1) is 11.7 Å². The number of ether oxygens (including phenoxy) is 1. The van der Waals surface area contributed by atoms with E-state index < -0.39 is 23.6 Å². The van der Waals surface area contributed by atoms with Gasteiger partial charge in [-0.3, -0.25) is 9.59 Å². The normalized spacial score (nSPS) is 16.1. The lowest BCUT2D eigenvalue weighted by Gasteiger charge is -2.20. The van der Waals surface area contributed by atoms with E-state index in [-0.39, 0.29) is 30.1 Å². The van der Waals surface area contributed by atoms with Gasteiger partial charge in [-0.1, -0.05) is 12.1 Å². The number of hydrogen-bond acceptors (Lipinski definition) is 4. The number of benzene rings is 2. The summed E-state index contributed by atoms with van der Waals surface area (Å²) in [7, 11) is 0. The second-order valence-corrected chi connectivity index (χ2v) is 6.30. The van der Waals surface area contributed by atoms with Gasteiger partial charge in [-0.25, -0.2) is 9.18 Å². The summed E-state index contributed by atoms with van der Waals surface area (Å²) in [6, 6.07) is 10.2. The Morgan fingerprint density at radius 1 is 1.29 bits per heavy atom. The molecule has 2 aromatic carbocycles. The summed E-state index contributed by atoms with van der Waals surface area (Å²) in [5.41, 5.74) is 0.195. The first-order valence-corrected chi connectivity index (χ1v) is 8.76. The number of para-hydroxylation sites is 2. The van der Waals surface area contributed by atoms with Crippen molar-refractivity contribution in [2.24, 2.45) is 5.92 Å². The van der Waals surface area contributed by atoms with Crippen LogP contribution in [0.5, 0.6) is 5.75 Å². The van der Waals surface area contributed by atoms with Gasteiger partial charge in [0.05, 0.1) is 29.5 Å². The zero-order valence-electron chi connectivity index (χ0n) is 15.1. The fourth-order valence-electron chi connectivity index (χ4n) is 3.06. The van der Waals surface area contributed by atoms with Crippen LogP contribution in [0.4, 0.5) is 15.8 Å². The largest absolute Gasteiger partial charge is 0.492 e. The molecule has 1 aliphatic rings. The Bertz CT molecular complexity index is 931. The molecule has 0 radical (unpaired) electrons. The summed E-state index contributed by atoms with van der Waals surface area (Å²) >= 11 is 0. The molecule has 1 fully saturated rings. The monoisotopic (exact) mass is 386 g/mol. The maximum Gasteiger partial charge on any atom is 0.335 e.